The van der Waals surface area contributed by atoms with Gasteiger partial charge in [-0.2, -0.15) is 0 Å². The third-order valence-electron chi connectivity index (χ3n) is 6.26. The Bertz CT molecular complexity index is 1230. The van der Waals surface area contributed by atoms with Crippen molar-refractivity contribution in [3.05, 3.63) is 42.6 Å². The van der Waals surface area contributed by atoms with E-state index in [0.29, 0.717) is 43.7 Å². The maximum Gasteiger partial charge on any atom is 0.414 e. The minimum atomic E-state index is -0.333. The van der Waals surface area contributed by atoms with Gasteiger partial charge in [0.1, 0.15) is 24.8 Å². The first kappa shape index (κ1) is 20.8. The molecule has 0 radical (unpaired) electrons. The summed E-state index contributed by atoms with van der Waals surface area (Å²) in [6, 6.07) is 11.5. The third kappa shape index (κ3) is 3.90. The Kier molecular flexibility index (Phi) is 5.21. The number of carbonyl (C=O) groups excluding carboxylic acids is 1. The highest BCUT2D eigenvalue weighted by Crippen LogP contribution is 2.35. The van der Waals surface area contributed by atoms with E-state index in [1.807, 2.05) is 30.3 Å². The highest BCUT2D eigenvalue weighted by molar-refractivity contribution is 5.90. The Balaban J connectivity index is 1.05. The molecular weight excluding hydrogens is 438 g/mol. The van der Waals surface area contributed by atoms with Gasteiger partial charge < -0.3 is 24.3 Å². The zero-order chi connectivity index (χ0) is 23.1. The fourth-order valence-electron chi connectivity index (χ4n) is 4.58. The van der Waals surface area contributed by atoms with E-state index >= 15 is 0 Å². The minimum Gasteiger partial charge on any atom is -0.486 e. The van der Waals surface area contributed by atoms with E-state index in [0.717, 1.165) is 35.5 Å². The molecule has 3 aromatic rings. The summed E-state index contributed by atoms with van der Waals surface area (Å²) in [6.45, 7) is 3.94. The van der Waals surface area contributed by atoms with E-state index in [1.165, 1.54) is 0 Å². The van der Waals surface area contributed by atoms with Gasteiger partial charge in [0.15, 0.2) is 11.5 Å². The first-order valence-corrected chi connectivity index (χ1v) is 11.3. The summed E-state index contributed by atoms with van der Waals surface area (Å²) in [5, 5.41) is 3.56. The van der Waals surface area contributed by atoms with Crippen molar-refractivity contribution in [2.24, 2.45) is 0 Å². The molecule has 6 rings (SSSR count). The lowest BCUT2D eigenvalue weighted by molar-refractivity contribution is 0.0765. The zero-order valence-corrected chi connectivity index (χ0v) is 18.8. The van der Waals surface area contributed by atoms with Gasteiger partial charge in [-0.3, -0.25) is 14.8 Å². The first-order chi connectivity index (χ1) is 16.7. The molecule has 0 aliphatic carbocycles. The van der Waals surface area contributed by atoms with E-state index in [1.54, 1.807) is 24.3 Å². The van der Waals surface area contributed by atoms with Crippen molar-refractivity contribution in [1.82, 2.24) is 14.9 Å². The van der Waals surface area contributed by atoms with Gasteiger partial charge in [-0.15, -0.1) is 0 Å². The molecule has 176 valence electrons. The van der Waals surface area contributed by atoms with Gasteiger partial charge in [-0.05, 0) is 24.3 Å². The Morgan fingerprint density at radius 2 is 1.94 bits per heavy atom. The van der Waals surface area contributed by atoms with Crippen molar-refractivity contribution >= 4 is 28.5 Å². The van der Waals surface area contributed by atoms with E-state index in [2.05, 4.69) is 20.2 Å². The molecular formula is C24H25N5O5. The van der Waals surface area contributed by atoms with E-state index in [9.17, 15) is 4.79 Å². The molecule has 1 aromatic carbocycles. The molecule has 3 aliphatic heterocycles. The predicted octanol–water partition coefficient (Wildman–Crippen LogP) is 2.53. The molecule has 10 nitrogen and oxygen atoms in total. The second-order valence-electron chi connectivity index (χ2n) is 8.58. The number of carbonyl (C=O) groups is 1. The van der Waals surface area contributed by atoms with Crippen LogP contribution in [0.2, 0.25) is 0 Å². The van der Waals surface area contributed by atoms with Gasteiger partial charge in [-0.25, -0.2) is 9.78 Å². The maximum absolute atomic E-state index is 12.5. The van der Waals surface area contributed by atoms with Gasteiger partial charge in [-0.1, -0.05) is 0 Å². The normalized spacial score (nSPS) is 20.2. The number of anilines is 2. The van der Waals surface area contributed by atoms with Crippen molar-refractivity contribution < 1.29 is 23.7 Å². The molecule has 5 heterocycles. The van der Waals surface area contributed by atoms with Crippen LogP contribution in [0.15, 0.2) is 42.6 Å². The van der Waals surface area contributed by atoms with E-state index in [4.69, 9.17) is 18.9 Å². The quantitative estimate of drug-likeness (QED) is 0.591. The van der Waals surface area contributed by atoms with Gasteiger partial charge in [0, 0.05) is 38.0 Å². The third-order valence-corrected chi connectivity index (χ3v) is 6.26. The smallest absolute Gasteiger partial charge is 0.414 e. The van der Waals surface area contributed by atoms with Gasteiger partial charge in [0.2, 0.25) is 5.88 Å². The lowest BCUT2D eigenvalue weighted by atomic mass is 10.1. The number of cyclic esters (lactones) is 1. The summed E-state index contributed by atoms with van der Waals surface area (Å²) in [4.78, 5) is 25.3. The number of hydrogen-bond acceptors (Lipinski definition) is 9. The van der Waals surface area contributed by atoms with Crippen LogP contribution >= 0.6 is 0 Å². The number of nitrogens with zero attached hydrogens (tertiary/aromatic N) is 4. The summed E-state index contributed by atoms with van der Waals surface area (Å²) in [6.07, 6.45) is 1.26. The van der Waals surface area contributed by atoms with Crippen LogP contribution in [0, 0.1) is 0 Å². The average molecular weight is 463 g/mol. The molecule has 0 bridgehead atoms. The number of amides is 1. The van der Waals surface area contributed by atoms with Crippen LogP contribution in [-0.4, -0.2) is 79.6 Å². The Morgan fingerprint density at radius 3 is 2.79 bits per heavy atom. The van der Waals surface area contributed by atoms with Crippen molar-refractivity contribution in [1.29, 1.82) is 0 Å². The lowest BCUT2D eigenvalue weighted by Gasteiger charge is -2.40. The van der Waals surface area contributed by atoms with Crippen molar-refractivity contribution in [2.75, 3.05) is 56.7 Å². The molecule has 2 saturated heterocycles. The summed E-state index contributed by atoms with van der Waals surface area (Å²) >= 11 is 0. The second-order valence-corrected chi connectivity index (χ2v) is 8.58. The van der Waals surface area contributed by atoms with Crippen molar-refractivity contribution in [2.45, 2.75) is 12.1 Å². The van der Waals surface area contributed by atoms with Crippen LogP contribution in [-0.2, 0) is 4.74 Å². The van der Waals surface area contributed by atoms with Crippen LogP contribution in [0.4, 0.5) is 16.2 Å². The number of ether oxygens (including phenoxy) is 4. The number of fused-ring (bicyclic) bond motifs is 2. The molecule has 1 atom stereocenters. The molecule has 0 spiro atoms. The van der Waals surface area contributed by atoms with Crippen molar-refractivity contribution in [3.63, 3.8) is 0 Å². The standard InChI is InChI=1S/C24H25N5O5/c1-31-22-5-3-18-23(27-22)19(6-7-25-18)26-15-11-28(12-15)13-17-14-29(24(30)34-17)16-2-4-20-21(10-16)33-9-8-32-20/h2-7,10,15,17H,8-9,11-14H2,1H3,(H,25,26). The van der Waals surface area contributed by atoms with Crippen molar-refractivity contribution in [3.8, 4) is 17.4 Å². The number of hydrogen-bond donors (Lipinski definition) is 1. The molecule has 0 saturated carbocycles. The molecule has 3 aliphatic rings. The fourth-order valence-corrected chi connectivity index (χ4v) is 4.58. The minimum absolute atomic E-state index is 0.186. The monoisotopic (exact) mass is 463 g/mol. The number of pyridine rings is 2. The summed E-state index contributed by atoms with van der Waals surface area (Å²) in [7, 11) is 1.60. The molecule has 2 aromatic heterocycles. The van der Waals surface area contributed by atoms with Crippen LogP contribution in [0.5, 0.6) is 17.4 Å². The van der Waals surface area contributed by atoms with E-state index < -0.39 is 0 Å². The Morgan fingerprint density at radius 1 is 1.09 bits per heavy atom. The number of aromatic nitrogens is 2. The summed E-state index contributed by atoms with van der Waals surface area (Å²) in [5.41, 5.74) is 3.30. The predicted molar refractivity (Wildman–Crippen MR) is 125 cm³/mol. The lowest BCUT2D eigenvalue weighted by Crippen LogP contribution is -2.56. The topological polar surface area (TPSA) is 98.3 Å². The highest BCUT2D eigenvalue weighted by atomic mass is 16.6. The SMILES string of the molecule is COc1ccc2nccc(NC3CN(CC4CN(c5ccc6c(c5)OCCO6)C(=O)O4)C3)c2n1. The molecule has 2 fully saturated rings. The second kappa shape index (κ2) is 8.53. The number of nitrogens with one attached hydrogen (secondary N) is 1. The zero-order valence-electron chi connectivity index (χ0n) is 18.8. The molecule has 1 unspecified atom stereocenters. The Hall–Kier alpha value is -3.79. The molecule has 1 N–H and O–H groups in total. The van der Waals surface area contributed by atoms with Crippen LogP contribution < -0.4 is 24.4 Å². The van der Waals surface area contributed by atoms with Gasteiger partial charge in [0.05, 0.1) is 36.6 Å². The van der Waals surface area contributed by atoms with Gasteiger partial charge >= 0.3 is 6.09 Å². The van der Waals surface area contributed by atoms with Crippen LogP contribution in [0.3, 0.4) is 0 Å². The largest absolute Gasteiger partial charge is 0.486 e. The first-order valence-electron chi connectivity index (χ1n) is 11.3. The fraction of sp³-hybridized carbons (Fsp3) is 0.375. The summed E-state index contributed by atoms with van der Waals surface area (Å²) in [5.74, 6) is 1.92. The summed E-state index contributed by atoms with van der Waals surface area (Å²) < 4.78 is 22.1. The number of rotatable bonds is 6. The Labute approximate surface area is 196 Å². The average Bonchev–Trinajstić information content (AvgIpc) is 3.22. The highest BCUT2D eigenvalue weighted by Gasteiger charge is 2.37. The number of methoxy groups -OCH3 is 1. The van der Waals surface area contributed by atoms with E-state index in [-0.39, 0.29) is 18.2 Å². The van der Waals surface area contributed by atoms with Crippen LogP contribution in [0.1, 0.15) is 0 Å². The molecule has 10 heteroatoms. The number of likely N-dealkylation sites (tertiary alicyclic amines) is 1. The molecule has 34 heavy (non-hydrogen) atoms. The maximum atomic E-state index is 12.5. The number of benzene rings is 1. The van der Waals surface area contributed by atoms with Crippen LogP contribution in [0.25, 0.3) is 11.0 Å². The van der Waals surface area contributed by atoms with Gasteiger partial charge in [0.25, 0.3) is 0 Å². The molecule has 1 amide bonds.